The molecule has 1 heterocycles. The molecule has 0 aliphatic carbocycles. The molecule has 6 nitrogen and oxygen atoms in total. The molecule has 0 aromatic carbocycles. The Kier molecular flexibility index (Phi) is 8.21. The molecule has 0 saturated carbocycles. The minimum absolute atomic E-state index is 0.0730. The number of carbonyl (C=O) groups excluding carboxylic acids is 1. The molecule has 0 saturated heterocycles. The van der Waals surface area contributed by atoms with Gasteiger partial charge in [-0.1, -0.05) is 6.08 Å². The first-order chi connectivity index (χ1) is 10.6. The molecule has 0 fully saturated rings. The zero-order valence-corrected chi connectivity index (χ0v) is 14.4. The summed E-state index contributed by atoms with van der Waals surface area (Å²) in [5.74, 6) is 0.753. The lowest BCUT2D eigenvalue weighted by Gasteiger charge is -2.21. The van der Waals surface area contributed by atoms with E-state index in [0.717, 1.165) is 31.0 Å². The zero-order valence-electron chi connectivity index (χ0n) is 13.6. The van der Waals surface area contributed by atoms with Crippen LogP contribution in [-0.4, -0.2) is 55.5 Å². The molecule has 0 bridgehead atoms. The Labute approximate surface area is 136 Å². The van der Waals surface area contributed by atoms with Crippen LogP contribution < -0.4 is 10.6 Å². The van der Waals surface area contributed by atoms with Crippen LogP contribution >= 0.6 is 11.3 Å². The minimum Gasteiger partial charge on any atom is -0.354 e. The highest BCUT2D eigenvalue weighted by Crippen LogP contribution is 2.11. The van der Waals surface area contributed by atoms with E-state index in [1.54, 1.807) is 12.6 Å². The molecule has 0 aliphatic rings. The van der Waals surface area contributed by atoms with Gasteiger partial charge in [0, 0.05) is 33.7 Å². The molecule has 0 spiro atoms. The van der Waals surface area contributed by atoms with E-state index in [-0.39, 0.29) is 5.91 Å². The van der Waals surface area contributed by atoms with Crippen molar-refractivity contribution in [3.63, 3.8) is 0 Å². The molecule has 22 heavy (non-hydrogen) atoms. The number of allylic oxidation sites excluding steroid dienone is 1. The van der Waals surface area contributed by atoms with Gasteiger partial charge in [-0.05, 0) is 19.8 Å². The summed E-state index contributed by atoms with van der Waals surface area (Å²) in [6.45, 7) is 7.64. The number of hydrogen-bond donors (Lipinski definition) is 2. The quantitative estimate of drug-likeness (QED) is 0.330. The Bertz CT molecular complexity index is 512. The molecule has 1 rings (SSSR count). The summed E-state index contributed by atoms with van der Waals surface area (Å²) in [4.78, 5) is 23.0. The van der Waals surface area contributed by atoms with E-state index in [1.165, 1.54) is 11.3 Å². The highest BCUT2D eigenvalue weighted by molar-refractivity contribution is 7.11. The monoisotopic (exact) mass is 323 g/mol. The number of aryl methyl sites for hydroxylation is 1. The number of guanidine groups is 1. The fraction of sp³-hybridized carbons (Fsp3) is 0.533. The summed E-state index contributed by atoms with van der Waals surface area (Å²) in [6.07, 6.45) is 3.95. The smallest absolute Gasteiger partial charge is 0.263 e. The fourth-order valence-corrected chi connectivity index (χ4v) is 2.63. The van der Waals surface area contributed by atoms with Crippen molar-refractivity contribution in [2.75, 3.05) is 33.7 Å². The average molecular weight is 323 g/mol. The number of aromatic nitrogens is 1. The molecule has 0 aliphatic heterocycles. The van der Waals surface area contributed by atoms with Crippen LogP contribution in [0.3, 0.4) is 0 Å². The topological polar surface area (TPSA) is 69.6 Å². The van der Waals surface area contributed by atoms with E-state index in [1.807, 2.05) is 20.0 Å². The third-order valence-electron chi connectivity index (χ3n) is 3.12. The van der Waals surface area contributed by atoms with Crippen LogP contribution in [-0.2, 0) is 0 Å². The summed E-state index contributed by atoms with van der Waals surface area (Å²) < 4.78 is 0. The number of rotatable bonds is 8. The van der Waals surface area contributed by atoms with Gasteiger partial charge in [-0.15, -0.1) is 17.9 Å². The van der Waals surface area contributed by atoms with E-state index >= 15 is 0 Å². The van der Waals surface area contributed by atoms with Gasteiger partial charge in [0.15, 0.2) is 5.96 Å². The van der Waals surface area contributed by atoms with E-state index < -0.39 is 0 Å². The largest absolute Gasteiger partial charge is 0.354 e. The minimum atomic E-state index is -0.0730. The Morgan fingerprint density at radius 2 is 2.23 bits per heavy atom. The van der Waals surface area contributed by atoms with Crippen LogP contribution in [0.25, 0.3) is 0 Å². The van der Waals surface area contributed by atoms with Crippen molar-refractivity contribution in [1.82, 2.24) is 20.5 Å². The molecule has 1 amide bonds. The number of hydrogen-bond acceptors (Lipinski definition) is 4. The molecule has 0 unspecified atom stereocenters. The molecule has 0 atom stereocenters. The summed E-state index contributed by atoms with van der Waals surface area (Å²) in [7, 11) is 3.75. The molecule has 1 aromatic heterocycles. The molecule has 122 valence electrons. The average Bonchev–Trinajstić information content (AvgIpc) is 2.93. The van der Waals surface area contributed by atoms with Crippen molar-refractivity contribution in [1.29, 1.82) is 0 Å². The fourth-order valence-electron chi connectivity index (χ4n) is 1.91. The second-order valence-electron chi connectivity index (χ2n) is 4.85. The van der Waals surface area contributed by atoms with Gasteiger partial charge in [-0.2, -0.15) is 0 Å². The Hall–Kier alpha value is -1.89. The molecule has 0 radical (unpaired) electrons. The second kappa shape index (κ2) is 9.94. The van der Waals surface area contributed by atoms with Crippen LogP contribution in [0, 0.1) is 6.92 Å². The standard InChI is InChI=1S/C15H25N5OS/c1-5-6-7-10-20(4)15(16-3)18-9-8-17-14(21)13-12(2)19-11-22-13/h5,11H,1,6-10H2,2-4H3,(H,16,18)(H,17,21). The van der Waals surface area contributed by atoms with Crippen LogP contribution in [0.4, 0.5) is 0 Å². The lowest BCUT2D eigenvalue weighted by atomic mass is 10.3. The van der Waals surface area contributed by atoms with E-state index in [9.17, 15) is 4.79 Å². The predicted molar refractivity (Wildman–Crippen MR) is 92.6 cm³/mol. The second-order valence-corrected chi connectivity index (χ2v) is 5.70. The lowest BCUT2D eigenvalue weighted by Crippen LogP contribution is -2.42. The van der Waals surface area contributed by atoms with Gasteiger partial charge in [0.05, 0.1) is 11.2 Å². The maximum absolute atomic E-state index is 11.9. The number of thiazole rings is 1. The third kappa shape index (κ3) is 5.85. The highest BCUT2D eigenvalue weighted by Gasteiger charge is 2.11. The summed E-state index contributed by atoms with van der Waals surface area (Å²) in [6, 6.07) is 0. The molecular formula is C15H25N5OS. The zero-order chi connectivity index (χ0) is 16.4. The first-order valence-electron chi connectivity index (χ1n) is 7.31. The predicted octanol–water partition coefficient (Wildman–Crippen LogP) is 1.65. The van der Waals surface area contributed by atoms with E-state index in [4.69, 9.17) is 0 Å². The SMILES string of the molecule is C=CCCCN(C)C(=NC)NCCNC(=O)c1scnc1C. The lowest BCUT2D eigenvalue weighted by molar-refractivity contribution is 0.0957. The first kappa shape index (κ1) is 18.2. The van der Waals surface area contributed by atoms with Crippen molar-refractivity contribution in [2.45, 2.75) is 19.8 Å². The maximum Gasteiger partial charge on any atom is 0.263 e. The van der Waals surface area contributed by atoms with Crippen molar-refractivity contribution in [2.24, 2.45) is 4.99 Å². The summed E-state index contributed by atoms with van der Waals surface area (Å²) >= 11 is 1.36. The summed E-state index contributed by atoms with van der Waals surface area (Å²) in [5.41, 5.74) is 2.45. The van der Waals surface area contributed by atoms with E-state index in [2.05, 4.69) is 32.1 Å². The van der Waals surface area contributed by atoms with Gasteiger partial charge in [0.1, 0.15) is 4.88 Å². The number of amides is 1. The van der Waals surface area contributed by atoms with Crippen LogP contribution in [0.2, 0.25) is 0 Å². The highest BCUT2D eigenvalue weighted by atomic mass is 32.1. The van der Waals surface area contributed by atoms with Crippen LogP contribution in [0.5, 0.6) is 0 Å². The van der Waals surface area contributed by atoms with Crippen LogP contribution in [0.15, 0.2) is 23.2 Å². The molecule has 7 heteroatoms. The van der Waals surface area contributed by atoms with Gasteiger partial charge >= 0.3 is 0 Å². The van der Waals surface area contributed by atoms with Crippen LogP contribution in [0.1, 0.15) is 28.2 Å². The number of nitrogens with one attached hydrogen (secondary N) is 2. The summed E-state index contributed by atoms with van der Waals surface area (Å²) in [5, 5.41) is 6.11. The van der Waals surface area contributed by atoms with Gasteiger partial charge in [-0.3, -0.25) is 9.79 Å². The number of nitrogens with zero attached hydrogens (tertiary/aromatic N) is 3. The van der Waals surface area contributed by atoms with E-state index in [0.29, 0.717) is 18.0 Å². The van der Waals surface area contributed by atoms with Crippen molar-refractivity contribution >= 4 is 23.2 Å². The number of unbranched alkanes of at least 4 members (excludes halogenated alkanes) is 1. The van der Waals surface area contributed by atoms with Gasteiger partial charge in [0.25, 0.3) is 5.91 Å². The third-order valence-corrected chi connectivity index (χ3v) is 4.05. The first-order valence-corrected chi connectivity index (χ1v) is 8.19. The number of carbonyl (C=O) groups is 1. The van der Waals surface area contributed by atoms with Gasteiger partial charge < -0.3 is 15.5 Å². The van der Waals surface area contributed by atoms with Gasteiger partial charge in [-0.25, -0.2) is 4.98 Å². The Morgan fingerprint density at radius 3 is 2.82 bits per heavy atom. The molecular weight excluding hydrogens is 298 g/mol. The maximum atomic E-state index is 11.9. The number of aliphatic imine (C=N–C) groups is 1. The Balaban J connectivity index is 2.28. The molecule has 1 aromatic rings. The van der Waals surface area contributed by atoms with Crippen molar-refractivity contribution < 1.29 is 4.79 Å². The van der Waals surface area contributed by atoms with Crippen molar-refractivity contribution in [3.05, 3.63) is 28.7 Å². The molecule has 2 N–H and O–H groups in total. The Morgan fingerprint density at radius 1 is 1.50 bits per heavy atom. The van der Waals surface area contributed by atoms with Crippen molar-refractivity contribution in [3.8, 4) is 0 Å². The normalized spacial score (nSPS) is 11.1. The van der Waals surface area contributed by atoms with Gasteiger partial charge in [0.2, 0.25) is 0 Å².